The van der Waals surface area contributed by atoms with Crippen molar-refractivity contribution in [2.24, 2.45) is 0 Å². The van der Waals surface area contributed by atoms with Crippen LogP contribution < -0.4 is 5.32 Å². The van der Waals surface area contributed by atoms with Gasteiger partial charge in [0.2, 0.25) is 0 Å². The number of pyridine rings is 1. The average molecular weight is 437 g/mol. The van der Waals surface area contributed by atoms with E-state index >= 15 is 0 Å². The van der Waals surface area contributed by atoms with Crippen molar-refractivity contribution < 1.29 is 19.1 Å². The Labute approximate surface area is 186 Å². The molecule has 1 amide bonds. The predicted octanol–water partition coefficient (Wildman–Crippen LogP) is 5.27. The molecule has 0 bridgehead atoms. The molecule has 0 aliphatic carbocycles. The molecule has 1 aliphatic heterocycles. The van der Waals surface area contributed by atoms with Gasteiger partial charge in [-0.2, -0.15) is 5.10 Å². The van der Waals surface area contributed by atoms with Gasteiger partial charge in [-0.25, -0.2) is 9.48 Å². The van der Waals surface area contributed by atoms with Crippen molar-refractivity contribution in [3.8, 4) is 11.1 Å². The molecule has 1 N–H and O–H groups in total. The number of amides is 1. The molecule has 3 heterocycles. The maximum absolute atomic E-state index is 12.2. The lowest BCUT2D eigenvalue weighted by Gasteiger charge is -2.23. The zero-order valence-corrected chi connectivity index (χ0v) is 18.8. The summed E-state index contributed by atoms with van der Waals surface area (Å²) in [6, 6.07) is 5.86. The van der Waals surface area contributed by atoms with Crippen LogP contribution in [0.2, 0.25) is 0 Å². The van der Waals surface area contributed by atoms with Crippen LogP contribution in [0, 0.1) is 6.92 Å². The Morgan fingerprint density at radius 3 is 2.78 bits per heavy atom. The number of nitrogens with zero attached hydrogens (tertiary/aromatic N) is 3. The van der Waals surface area contributed by atoms with Crippen molar-refractivity contribution >= 4 is 29.0 Å². The summed E-state index contributed by atoms with van der Waals surface area (Å²) < 4.78 is 13.0. The molecular formula is C24H28N4O4. The molecule has 0 spiro atoms. The zero-order chi connectivity index (χ0) is 22.9. The summed E-state index contributed by atoms with van der Waals surface area (Å²) in [7, 11) is 0. The summed E-state index contributed by atoms with van der Waals surface area (Å²) in [6.45, 7) is 8.04. The number of nitrogens with one attached hydrogen (secondary N) is 1. The van der Waals surface area contributed by atoms with Gasteiger partial charge in [-0.1, -0.05) is 6.07 Å². The smallest absolute Gasteiger partial charge is 0.412 e. The second kappa shape index (κ2) is 8.70. The van der Waals surface area contributed by atoms with E-state index < -0.39 is 11.7 Å². The van der Waals surface area contributed by atoms with E-state index in [0.717, 1.165) is 53.1 Å². The molecule has 8 nitrogen and oxygen atoms in total. The van der Waals surface area contributed by atoms with Gasteiger partial charge < -0.3 is 9.47 Å². The van der Waals surface area contributed by atoms with Crippen molar-refractivity contribution in [2.45, 2.75) is 58.8 Å². The van der Waals surface area contributed by atoms with Crippen LogP contribution in [0.4, 0.5) is 10.5 Å². The van der Waals surface area contributed by atoms with E-state index in [4.69, 9.17) is 9.47 Å². The minimum absolute atomic E-state index is 0.157. The van der Waals surface area contributed by atoms with Crippen LogP contribution in [-0.2, 0) is 9.47 Å². The molecule has 1 atom stereocenters. The summed E-state index contributed by atoms with van der Waals surface area (Å²) >= 11 is 0. The van der Waals surface area contributed by atoms with Crippen molar-refractivity contribution in [1.82, 2.24) is 14.8 Å². The summed E-state index contributed by atoms with van der Waals surface area (Å²) in [4.78, 5) is 28.2. The highest BCUT2D eigenvalue weighted by molar-refractivity contribution is 5.98. The number of ether oxygens (including phenoxy) is 2. The number of carbonyl (C=O) groups is 2. The summed E-state index contributed by atoms with van der Waals surface area (Å²) in [6.07, 6.45) is 6.41. The summed E-state index contributed by atoms with van der Waals surface area (Å²) in [5.74, 6) is 0. The average Bonchev–Trinajstić information content (AvgIpc) is 3.12. The topological polar surface area (TPSA) is 95.3 Å². The van der Waals surface area contributed by atoms with Gasteiger partial charge in [0.15, 0.2) is 12.5 Å². The first kappa shape index (κ1) is 22.0. The fourth-order valence-corrected chi connectivity index (χ4v) is 3.91. The highest BCUT2D eigenvalue weighted by Crippen LogP contribution is 2.33. The SMILES string of the molecule is Cc1c(NC(=O)OC(C)(C)C)cncc1-c1ccc2c(c1)c(C=O)nn2C1CCCCO1. The molecule has 1 unspecified atom stereocenters. The normalized spacial score (nSPS) is 16.7. The molecule has 4 rings (SSSR count). The van der Waals surface area contributed by atoms with Crippen LogP contribution >= 0.6 is 0 Å². The molecule has 8 heteroatoms. The van der Waals surface area contributed by atoms with Gasteiger partial charge in [-0.05, 0) is 70.2 Å². The highest BCUT2D eigenvalue weighted by atomic mass is 16.6. The van der Waals surface area contributed by atoms with Gasteiger partial charge in [0.25, 0.3) is 0 Å². The van der Waals surface area contributed by atoms with Crippen molar-refractivity contribution in [3.05, 3.63) is 41.9 Å². The molecule has 1 aromatic carbocycles. The molecule has 1 aliphatic rings. The van der Waals surface area contributed by atoms with E-state index in [0.29, 0.717) is 18.0 Å². The van der Waals surface area contributed by atoms with Gasteiger partial charge in [0, 0.05) is 23.8 Å². The van der Waals surface area contributed by atoms with Crippen molar-refractivity contribution in [3.63, 3.8) is 0 Å². The molecule has 1 saturated heterocycles. The molecule has 32 heavy (non-hydrogen) atoms. The largest absolute Gasteiger partial charge is 0.444 e. The first-order chi connectivity index (χ1) is 15.3. The standard InChI is InChI=1S/C24H28N4O4/c1-15-18(12-25-13-19(15)26-23(30)32-24(2,3)4)16-8-9-21-17(11-16)20(14-29)27-28(21)22-7-5-6-10-31-22/h8-9,11-14,22H,5-7,10H2,1-4H3,(H,26,30). The monoisotopic (exact) mass is 436 g/mol. The Morgan fingerprint density at radius 1 is 1.28 bits per heavy atom. The Balaban J connectivity index is 1.69. The molecule has 2 aromatic heterocycles. The number of anilines is 1. The fraction of sp³-hybridized carbons (Fsp3) is 0.417. The number of hydrogen-bond donors (Lipinski definition) is 1. The van der Waals surface area contributed by atoms with Crippen LogP contribution in [0.15, 0.2) is 30.6 Å². The van der Waals surface area contributed by atoms with Crippen LogP contribution in [0.3, 0.4) is 0 Å². The number of aromatic nitrogens is 3. The number of benzene rings is 1. The Kier molecular flexibility index (Phi) is 5.97. The Hall–Kier alpha value is -3.26. The van der Waals surface area contributed by atoms with Gasteiger partial charge in [0.1, 0.15) is 11.3 Å². The minimum atomic E-state index is -0.596. The second-order valence-electron chi connectivity index (χ2n) is 8.99. The van der Waals surface area contributed by atoms with E-state index in [-0.39, 0.29) is 6.23 Å². The van der Waals surface area contributed by atoms with Crippen molar-refractivity contribution in [1.29, 1.82) is 0 Å². The lowest BCUT2D eigenvalue weighted by Crippen LogP contribution is -2.27. The molecule has 3 aromatic rings. The van der Waals surface area contributed by atoms with E-state index in [9.17, 15) is 9.59 Å². The van der Waals surface area contributed by atoms with Gasteiger partial charge >= 0.3 is 6.09 Å². The van der Waals surface area contributed by atoms with Gasteiger partial charge in [-0.3, -0.25) is 15.1 Å². The quantitative estimate of drug-likeness (QED) is 0.560. The number of rotatable bonds is 4. The zero-order valence-electron chi connectivity index (χ0n) is 18.8. The van der Waals surface area contributed by atoms with E-state index in [1.165, 1.54) is 0 Å². The maximum atomic E-state index is 12.2. The minimum Gasteiger partial charge on any atom is -0.444 e. The first-order valence-electron chi connectivity index (χ1n) is 10.8. The summed E-state index contributed by atoms with van der Waals surface area (Å²) in [5, 5.41) is 8.05. The lowest BCUT2D eigenvalue weighted by molar-refractivity contribution is -0.0367. The molecule has 0 saturated carbocycles. The predicted molar refractivity (Wildman–Crippen MR) is 122 cm³/mol. The molecule has 0 radical (unpaired) electrons. The van der Waals surface area contributed by atoms with Gasteiger partial charge in [0.05, 0.1) is 17.4 Å². The van der Waals surface area contributed by atoms with Crippen LogP contribution in [0.25, 0.3) is 22.0 Å². The van der Waals surface area contributed by atoms with Crippen LogP contribution in [0.1, 0.15) is 62.3 Å². The number of carbonyl (C=O) groups excluding carboxylic acids is 2. The third kappa shape index (κ3) is 4.50. The molecule has 1 fully saturated rings. The fourth-order valence-electron chi connectivity index (χ4n) is 3.91. The molecular weight excluding hydrogens is 408 g/mol. The Morgan fingerprint density at radius 2 is 2.09 bits per heavy atom. The second-order valence-corrected chi connectivity index (χ2v) is 8.99. The van der Waals surface area contributed by atoms with Gasteiger partial charge in [-0.15, -0.1) is 0 Å². The van der Waals surface area contributed by atoms with E-state index in [1.807, 2.05) is 50.6 Å². The van der Waals surface area contributed by atoms with Crippen molar-refractivity contribution in [2.75, 3.05) is 11.9 Å². The number of aldehydes is 1. The number of hydrogen-bond acceptors (Lipinski definition) is 6. The third-order valence-electron chi connectivity index (χ3n) is 5.44. The number of fused-ring (bicyclic) bond motifs is 1. The lowest BCUT2D eigenvalue weighted by atomic mass is 10.00. The first-order valence-corrected chi connectivity index (χ1v) is 10.8. The van der Waals surface area contributed by atoms with E-state index in [1.54, 1.807) is 12.4 Å². The molecule has 168 valence electrons. The summed E-state index contributed by atoms with van der Waals surface area (Å²) in [5.41, 5.74) is 3.78. The van der Waals surface area contributed by atoms with E-state index in [2.05, 4.69) is 15.4 Å². The maximum Gasteiger partial charge on any atom is 0.412 e. The van der Waals surface area contributed by atoms with Crippen LogP contribution in [0.5, 0.6) is 0 Å². The van der Waals surface area contributed by atoms with Crippen LogP contribution in [-0.4, -0.2) is 39.4 Å². The highest BCUT2D eigenvalue weighted by Gasteiger charge is 2.22. The third-order valence-corrected chi connectivity index (χ3v) is 5.44. The Bertz CT molecular complexity index is 1160.